The SMILES string of the molecule is [2H]n1cnc2cncnc21. The smallest absolute Gasteiger partial charge is 0.169 e. The predicted octanol–water partition coefficient (Wildman–Crippen LogP) is 0.353. The largest absolute Gasteiger partial charge is 0.329 e. The predicted molar refractivity (Wildman–Crippen MR) is 31.7 cm³/mol. The lowest BCUT2D eigenvalue weighted by atomic mass is 10.6. The number of hydrogen-bond donors (Lipinski definition) is 1. The second kappa shape index (κ2) is 1.51. The molecule has 2 aromatic heterocycles. The molecular formula is C5H4N4. The molecule has 0 spiro atoms. The highest BCUT2D eigenvalue weighted by Crippen LogP contribution is 1.99. The lowest BCUT2D eigenvalue weighted by Gasteiger charge is -1.80. The molecule has 0 saturated carbocycles. The average molecular weight is 121 g/mol. The maximum Gasteiger partial charge on any atom is 0.169 e. The number of nitrogens with one attached hydrogen (secondary N) is 1. The van der Waals surface area contributed by atoms with Gasteiger partial charge in [0.15, 0.2) is 7.06 Å². The lowest BCUT2D eigenvalue weighted by molar-refractivity contribution is 1.20. The van der Waals surface area contributed by atoms with Gasteiger partial charge in [-0.3, -0.25) is 0 Å². The van der Waals surface area contributed by atoms with Crippen LogP contribution >= 0.6 is 0 Å². The summed E-state index contributed by atoms with van der Waals surface area (Å²) in [5.41, 5.74) is 1.19. The molecule has 4 nitrogen and oxygen atoms in total. The summed E-state index contributed by atoms with van der Waals surface area (Å²) in [6.07, 6.45) is 4.36. The topological polar surface area (TPSA) is 54.5 Å². The van der Waals surface area contributed by atoms with Crippen molar-refractivity contribution in [2.45, 2.75) is 0 Å². The van der Waals surface area contributed by atoms with Crippen molar-refractivity contribution in [1.82, 2.24) is 19.9 Å². The minimum Gasteiger partial charge on any atom is -0.329 e. The first-order valence-corrected chi connectivity index (χ1v) is 2.50. The van der Waals surface area contributed by atoms with E-state index in [9.17, 15) is 0 Å². The number of H-pyrrole nitrogens is 1. The number of hydrogen-bond acceptors (Lipinski definition) is 3. The van der Waals surface area contributed by atoms with E-state index in [0.717, 1.165) is 4.98 Å². The van der Waals surface area contributed by atoms with Crippen LogP contribution in [-0.2, 0) is 0 Å². The molecular weight excluding hydrogens is 116 g/mol. The van der Waals surface area contributed by atoms with Gasteiger partial charge in [-0.05, 0) is 0 Å². The van der Waals surface area contributed by atoms with Gasteiger partial charge in [-0.1, -0.05) is 0 Å². The van der Waals surface area contributed by atoms with Crippen molar-refractivity contribution in [2.75, 3.05) is 0 Å². The van der Waals surface area contributed by atoms with E-state index in [0.29, 0.717) is 11.2 Å². The molecule has 0 radical (unpaired) electrons. The van der Waals surface area contributed by atoms with Crippen molar-refractivity contribution in [2.24, 2.45) is 0 Å². The second-order valence-corrected chi connectivity index (χ2v) is 1.61. The van der Waals surface area contributed by atoms with Crippen LogP contribution in [0.15, 0.2) is 18.9 Å². The fourth-order valence-electron chi connectivity index (χ4n) is 0.652. The van der Waals surface area contributed by atoms with Gasteiger partial charge in [-0.25, -0.2) is 15.0 Å². The van der Waals surface area contributed by atoms with Crippen LogP contribution in [0, 0.1) is 0 Å². The van der Waals surface area contributed by atoms with Gasteiger partial charge in [0.05, 0.1) is 12.5 Å². The first-order valence-electron chi connectivity index (χ1n) is 2.95. The molecule has 0 atom stereocenters. The van der Waals surface area contributed by atoms with Gasteiger partial charge >= 0.3 is 0 Å². The van der Waals surface area contributed by atoms with Gasteiger partial charge in [0, 0.05) is 0 Å². The van der Waals surface area contributed by atoms with E-state index in [2.05, 4.69) is 15.0 Å². The van der Waals surface area contributed by atoms with Crippen LogP contribution in [-0.4, -0.2) is 19.9 Å². The van der Waals surface area contributed by atoms with Gasteiger partial charge < -0.3 is 4.98 Å². The van der Waals surface area contributed by atoms with Crippen molar-refractivity contribution in [3.05, 3.63) is 18.9 Å². The summed E-state index contributed by atoms with van der Waals surface area (Å²) >= 11 is 0. The normalized spacial score (nSPS) is 11.8. The summed E-state index contributed by atoms with van der Waals surface area (Å²) < 4.78 is 7.21. The monoisotopic (exact) mass is 121 g/mol. The van der Waals surface area contributed by atoms with Crippen LogP contribution in [0.5, 0.6) is 0 Å². The van der Waals surface area contributed by atoms with E-state index >= 15 is 0 Å². The highest BCUT2D eigenvalue weighted by Gasteiger charge is 1.91. The number of aromatic amines is 1. The molecule has 44 valence electrons. The van der Waals surface area contributed by atoms with E-state index < -0.39 is 0 Å². The van der Waals surface area contributed by atoms with Crippen molar-refractivity contribution in [1.29, 1.82) is 0 Å². The number of imidazole rings is 1. The van der Waals surface area contributed by atoms with Crippen molar-refractivity contribution >= 4 is 11.2 Å². The van der Waals surface area contributed by atoms with Gasteiger partial charge in [0.1, 0.15) is 11.8 Å². The van der Waals surface area contributed by atoms with Crippen LogP contribution in [0.4, 0.5) is 0 Å². The number of rotatable bonds is 0. The van der Waals surface area contributed by atoms with Crippen LogP contribution < -0.4 is 0 Å². The Labute approximate surface area is 52.4 Å². The van der Waals surface area contributed by atoms with E-state index in [1.165, 1.54) is 12.7 Å². The standard InChI is InChI=1S/C5H4N4/c1-4-5(8-2-6-1)9-3-7-4/h1-3H,(H,6,7,8,9)/i/hD. The molecule has 0 saturated heterocycles. The molecule has 0 aliphatic carbocycles. The molecule has 0 aliphatic heterocycles. The number of nitrogens with zero attached hydrogens (tertiary/aromatic N) is 3. The van der Waals surface area contributed by atoms with Crippen LogP contribution in [0.25, 0.3) is 11.2 Å². The zero-order valence-electron chi connectivity index (χ0n) is 5.52. The highest BCUT2D eigenvalue weighted by atomic mass is 15.0. The third-order valence-corrected chi connectivity index (χ3v) is 1.05. The maximum atomic E-state index is 7.21. The van der Waals surface area contributed by atoms with Gasteiger partial charge in [-0.2, -0.15) is 0 Å². The van der Waals surface area contributed by atoms with Crippen LogP contribution in [0.1, 0.15) is 0 Å². The summed E-state index contributed by atoms with van der Waals surface area (Å²) in [6.45, 7) is 0. The zero-order chi connectivity index (χ0) is 6.97. The number of aromatic nitrogens is 4. The fraction of sp³-hybridized carbons (Fsp3) is 0. The molecule has 4 heteroatoms. The molecule has 2 rings (SSSR count). The van der Waals surface area contributed by atoms with Gasteiger partial charge in [0.25, 0.3) is 0 Å². The Hall–Kier alpha value is -1.45. The molecule has 0 fully saturated rings. The van der Waals surface area contributed by atoms with Gasteiger partial charge in [0.2, 0.25) is 0 Å². The Balaban J connectivity index is 2.93. The summed E-state index contributed by atoms with van der Waals surface area (Å²) in [5.74, 6) is 0. The first-order chi connectivity index (χ1) is 4.88. The highest BCUT2D eigenvalue weighted by molar-refractivity contribution is 5.67. The Bertz CT molecular complexity index is 355. The Morgan fingerprint density at radius 1 is 1.56 bits per heavy atom. The Morgan fingerprint density at radius 3 is 3.44 bits per heavy atom. The maximum absolute atomic E-state index is 7.21. The fourth-order valence-corrected chi connectivity index (χ4v) is 0.652. The molecule has 0 aliphatic rings. The van der Waals surface area contributed by atoms with Crippen molar-refractivity contribution in [3.8, 4) is 0 Å². The molecule has 0 unspecified atom stereocenters. The molecule has 2 aromatic rings. The molecule has 9 heavy (non-hydrogen) atoms. The van der Waals surface area contributed by atoms with E-state index in [1.54, 1.807) is 6.20 Å². The zero-order valence-corrected chi connectivity index (χ0v) is 4.52. The Morgan fingerprint density at radius 2 is 2.56 bits per heavy atom. The molecule has 1 N–H and O–H groups in total. The van der Waals surface area contributed by atoms with E-state index in [4.69, 9.17) is 1.41 Å². The summed E-state index contributed by atoms with van der Waals surface area (Å²) in [5, 5.41) is 0. The summed E-state index contributed by atoms with van der Waals surface area (Å²) in [7, 11) is 0. The molecule has 0 amide bonds. The van der Waals surface area contributed by atoms with Crippen molar-refractivity contribution in [3.63, 3.8) is 0 Å². The minimum atomic E-state index is 0.537. The van der Waals surface area contributed by atoms with Crippen molar-refractivity contribution < 1.29 is 1.41 Å². The minimum absolute atomic E-state index is 0.537. The van der Waals surface area contributed by atoms with Gasteiger partial charge in [-0.15, -0.1) is 0 Å². The first kappa shape index (κ1) is 3.55. The third-order valence-electron chi connectivity index (χ3n) is 1.05. The molecule has 0 bridgehead atoms. The number of fused-ring (bicyclic) bond motifs is 1. The quantitative estimate of drug-likeness (QED) is 0.547. The van der Waals surface area contributed by atoms with E-state index in [1.807, 2.05) is 0 Å². The second-order valence-electron chi connectivity index (χ2n) is 1.61. The van der Waals surface area contributed by atoms with Crippen LogP contribution in [0.3, 0.4) is 0 Å². The average Bonchev–Trinajstić information content (AvgIpc) is 2.34. The lowest BCUT2D eigenvalue weighted by Crippen LogP contribution is -1.76. The third kappa shape index (κ3) is 0.561. The van der Waals surface area contributed by atoms with Crippen LogP contribution in [0.2, 0.25) is 1.41 Å². The molecule has 2 heterocycles. The molecule has 0 aromatic carbocycles. The summed E-state index contributed by atoms with van der Waals surface area (Å²) in [6, 6.07) is 0. The summed E-state index contributed by atoms with van der Waals surface area (Å²) in [4.78, 5) is 12.6. The Kier molecular flexibility index (Phi) is 0.597. The van der Waals surface area contributed by atoms with E-state index in [-0.39, 0.29) is 0 Å².